The van der Waals surface area contributed by atoms with Gasteiger partial charge in [-0.2, -0.15) is 0 Å². The molecule has 3 amide bonds. The molecule has 1 saturated heterocycles. The Bertz CT molecular complexity index is 915. The molecule has 0 aromatic heterocycles. The van der Waals surface area contributed by atoms with Crippen molar-refractivity contribution < 1.29 is 19.1 Å². The second kappa shape index (κ2) is 10.1. The van der Waals surface area contributed by atoms with E-state index in [4.69, 9.17) is 4.74 Å². The predicted octanol–water partition coefficient (Wildman–Crippen LogP) is 3.98. The lowest BCUT2D eigenvalue weighted by atomic mass is 10.0. The minimum Gasteiger partial charge on any atom is -0.450 e. The van der Waals surface area contributed by atoms with Crippen molar-refractivity contribution in [3.8, 4) is 0 Å². The number of amides is 3. The molecule has 1 fully saturated rings. The van der Waals surface area contributed by atoms with Crippen LogP contribution in [-0.4, -0.2) is 60.5 Å². The number of rotatable bonds is 5. The van der Waals surface area contributed by atoms with Crippen molar-refractivity contribution in [1.82, 2.24) is 9.80 Å². The highest BCUT2D eigenvalue weighted by molar-refractivity contribution is 5.96. The van der Waals surface area contributed by atoms with Gasteiger partial charge in [0.05, 0.1) is 6.61 Å². The summed E-state index contributed by atoms with van der Waals surface area (Å²) in [6.45, 7) is 8.24. The summed E-state index contributed by atoms with van der Waals surface area (Å²) in [4.78, 5) is 40.6. The van der Waals surface area contributed by atoms with E-state index in [2.05, 4.69) is 19.2 Å². The summed E-state index contributed by atoms with van der Waals surface area (Å²) >= 11 is 0. The molecule has 1 heterocycles. The highest BCUT2D eigenvalue weighted by Gasteiger charge is 2.25. The molecule has 2 aromatic rings. The number of nitrogens with zero attached hydrogens (tertiary/aromatic N) is 2. The first-order chi connectivity index (χ1) is 14.9. The summed E-state index contributed by atoms with van der Waals surface area (Å²) < 4.78 is 4.84. The summed E-state index contributed by atoms with van der Waals surface area (Å²) in [6, 6.07) is 14.4. The summed E-state index contributed by atoms with van der Waals surface area (Å²) in [7, 11) is 0. The number of anilines is 1. The zero-order valence-electron chi connectivity index (χ0n) is 18.3. The molecule has 3 rings (SSSR count). The van der Waals surface area contributed by atoms with E-state index in [0.717, 1.165) is 0 Å². The van der Waals surface area contributed by atoms with Crippen molar-refractivity contribution in [3.63, 3.8) is 0 Å². The molecule has 164 valence electrons. The summed E-state index contributed by atoms with van der Waals surface area (Å²) in [5, 5.41) is 2.60. The molecule has 31 heavy (non-hydrogen) atoms. The molecule has 1 aliphatic rings. The molecule has 0 bridgehead atoms. The standard InChI is InChI=1S/C24H29N3O4/c1-4-31-24(30)25-21-11-9-20(10-12-21)23(29)27-15-13-26(14-16-27)22(28)19-7-5-18(6-8-19)17(2)3/h5-12,17H,4,13-16H2,1-3H3,(H,25,30). The van der Waals surface area contributed by atoms with Gasteiger partial charge in [0.1, 0.15) is 0 Å². The Labute approximate surface area is 183 Å². The fourth-order valence-corrected chi connectivity index (χ4v) is 3.47. The molecule has 0 atom stereocenters. The molecule has 1 aliphatic heterocycles. The molecule has 0 spiro atoms. The van der Waals surface area contributed by atoms with E-state index in [0.29, 0.717) is 55.5 Å². The zero-order chi connectivity index (χ0) is 22.4. The third-order valence-corrected chi connectivity index (χ3v) is 5.33. The van der Waals surface area contributed by atoms with Crippen LogP contribution >= 0.6 is 0 Å². The Morgan fingerprint density at radius 1 is 0.839 bits per heavy atom. The summed E-state index contributed by atoms with van der Waals surface area (Å²) in [5.74, 6) is 0.335. The Balaban J connectivity index is 1.54. The lowest BCUT2D eigenvalue weighted by Gasteiger charge is -2.35. The number of piperazine rings is 1. The van der Waals surface area contributed by atoms with Gasteiger partial charge in [0.15, 0.2) is 0 Å². The minimum atomic E-state index is -0.527. The molecular weight excluding hydrogens is 394 g/mol. The lowest BCUT2D eigenvalue weighted by Crippen LogP contribution is -2.50. The van der Waals surface area contributed by atoms with Gasteiger partial charge in [0.25, 0.3) is 11.8 Å². The monoisotopic (exact) mass is 423 g/mol. The van der Waals surface area contributed by atoms with Crippen LogP contribution in [0.4, 0.5) is 10.5 Å². The maximum absolute atomic E-state index is 12.8. The highest BCUT2D eigenvalue weighted by atomic mass is 16.5. The van der Waals surface area contributed by atoms with Crippen LogP contribution in [0.15, 0.2) is 48.5 Å². The van der Waals surface area contributed by atoms with Crippen LogP contribution in [0.3, 0.4) is 0 Å². The van der Waals surface area contributed by atoms with E-state index >= 15 is 0 Å². The number of hydrogen-bond donors (Lipinski definition) is 1. The number of benzene rings is 2. The Morgan fingerprint density at radius 2 is 1.29 bits per heavy atom. The van der Waals surface area contributed by atoms with E-state index in [-0.39, 0.29) is 11.8 Å². The van der Waals surface area contributed by atoms with Crippen LogP contribution in [0.2, 0.25) is 0 Å². The van der Waals surface area contributed by atoms with Crippen LogP contribution in [0.5, 0.6) is 0 Å². The van der Waals surface area contributed by atoms with Crippen molar-refractivity contribution in [1.29, 1.82) is 0 Å². The van der Waals surface area contributed by atoms with Crippen LogP contribution in [0.1, 0.15) is 53.0 Å². The second-order valence-corrected chi connectivity index (χ2v) is 7.78. The van der Waals surface area contributed by atoms with E-state index in [1.807, 2.05) is 24.3 Å². The number of carbonyl (C=O) groups excluding carboxylic acids is 3. The van der Waals surface area contributed by atoms with Gasteiger partial charge in [0.2, 0.25) is 0 Å². The molecule has 2 aromatic carbocycles. The van der Waals surface area contributed by atoms with Gasteiger partial charge in [-0.05, 0) is 54.8 Å². The third-order valence-electron chi connectivity index (χ3n) is 5.33. The average molecular weight is 424 g/mol. The Morgan fingerprint density at radius 3 is 1.71 bits per heavy atom. The SMILES string of the molecule is CCOC(=O)Nc1ccc(C(=O)N2CCN(C(=O)c3ccc(C(C)C)cc3)CC2)cc1. The molecule has 0 radical (unpaired) electrons. The number of hydrogen-bond acceptors (Lipinski definition) is 4. The molecule has 7 nitrogen and oxygen atoms in total. The quantitative estimate of drug-likeness (QED) is 0.789. The van der Waals surface area contributed by atoms with E-state index in [1.165, 1.54) is 5.56 Å². The van der Waals surface area contributed by atoms with Gasteiger partial charge in [-0.15, -0.1) is 0 Å². The molecule has 7 heteroatoms. The average Bonchev–Trinajstić information content (AvgIpc) is 2.79. The maximum atomic E-state index is 12.8. The predicted molar refractivity (Wildman–Crippen MR) is 119 cm³/mol. The molecule has 0 aliphatic carbocycles. The highest BCUT2D eigenvalue weighted by Crippen LogP contribution is 2.17. The first-order valence-corrected chi connectivity index (χ1v) is 10.6. The van der Waals surface area contributed by atoms with Crippen LogP contribution in [-0.2, 0) is 4.74 Å². The van der Waals surface area contributed by atoms with Crippen molar-refractivity contribution >= 4 is 23.6 Å². The van der Waals surface area contributed by atoms with Crippen molar-refractivity contribution in [2.45, 2.75) is 26.7 Å². The lowest BCUT2D eigenvalue weighted by molar-refractivity contribution is 0.0535. The van der Waals surface area contributed by atoms with Gasteiger partial charge in [-0.3, -0.25) is 14.9 Å². The molecule has 1 N–H and O–H groups in total. The number of carbonyl (C=O) groups is 3. The maximum Gasteiger partial charge on any atom is 0.411 e. The first kappa shape index (κ1) is 22.3. The first-order valence-electron chi connectivity index (χ1n) is 10.6. The minimum absolute atomic E-state index is 0.00297. The van der Waals surface area contributed by atoms with Crippen LogP contribution < -0.4 is 5.32 Å². The summed E-state index contributed by atoms with van der Waals surface area (Å²) in [6.07, 6.45) is -0.527. The van der Waals surface area contributed by atoms with E-state index in [9.17, 15) is 14.4 Å². The van der Waals surface area contributed by atoms with Crippen molar-refractivity contribution in [2.75, 3.05) is 38.1 Å². The number of ether oxygens (including phenoxy) is 1. The Kier molecular flexibility index (Phi) is 7.28. The van der Waals surface area contributed by atoms with Crippen molar-refractivity contribution in [2.24, 2.45) is 0 Å². The van der Waals surface area contributed by atoms with Crippen LogP contribution in [0, 0.1) is 0 Å². The normalized spacial score (nSPS) is 13.8. The topological polar surface area (TPSA) is 79.0 Å². The number of nitrogens with one attached hydrogen (secondary N) is 1. The second-order valence-electron chi connectivity index (χ2n) is 7.78. The van der Waals surface area contributed by atoms with Gasteiger partial charge in [-0.1, -0.05) is 26.0 Å². The van der Waals surface area contributed by atoms with Gasteiger partial charge in [0, 0.05) is 43.0 Å². The Hall–Kier alpha value is -3.35. The van der Waals surface area contributed by atoms with Crippen LogP contribution in [0.25, 0.3) is 0 Å². The molecule has 0 unspecified atom stereocenters. The molecular formula is C24H29N3O4. The van der Waals surface area contributed by atoms with Gasteiger partial charge >= 0.3 is 6.09 Å². The zero-order valence-corrected chi connectivity index (χ0v) is 18.3. The van der Waals surface area contributed by atoms with Gasteiger partial charge < -0.3 is 14.5 Å². The third kappa shape index (κ3) is 5.63. The van der Waals surface area contributed by atoms with E-state index < -0.39 is 6.09 Å². The fraction of sp³-hybridized carbons (Fsp3) is 0.375. The smallest absolute Gasteiger partial charge is 0.411 e. The van der Waals surface area contributed by atoms with E-state index in [1.54, 1.807) is 41.0 Å². The van der Waals surface area contributed by atoms with Gasteiger partial charge in [-0.25, -0.2) is 4.79 Å². The summed E-state index contributed by atoms with van der Waals surface area (Å²) in [5.41, 5.74) is 2.98. The largest absolute Gasteiger partial charge is 0.450 e. The fourth-order valence-electron chi connectivity index (χ4n) is 3.47. The molecule has 0 saturated carbocycles. The van der Waals surface area contributed by atoms with Crippen molar-refractivity contribution in [3.05, 3.63) is 65.2 Å².